The minimum absolute atomic E-state index is 0.0673. The van der Waals surface area contributed by atoms with E-state index in [1.54, 1.807) is 6.07 Å². The normalized spacial score (nSPS) is 28.5. The van der Waals surface area contributed by atoms with Crippen molar-refractivity contribution in [2.24, 2.45) is 17.8 Å². The van der Waals surface area contributed by atoms with Gasteiger partial charge in [-0.05, 0) is 68.3 Å². The molecule has 0 bridgehead atoms. The maximum Gasteiger partial charge on any atom is 0.387 e. The summed E-state index contributed by atoms with van der Waals surface area (Å²) in [5.74, 6) is 1.28. The van der Waals surface area contributed by atoms with Gasteiger partial charge in [-0.15, -0.1) is 0 Å². The fraction of sp³-hybridized carbons (Fsp3) is 0.739. The lowest BCUT2D eigenvalue weighted by Crippen LogP contribution is -2.25. The van der Waals surface area contributed by atoms with Crippen molar-refractivity contribution >= 4 is 11.6 Å². The number of rotatable bonds is 7. The summed E-state index contributed by atoms with van der Waals surface area (Å²) in [6.07, 6.45) is 13.4. The molecule has 0 unspecified atom stereocenters. The summed E-state index contributed by atoms with van der Waals surface area (Å²) in [6, 6.07) is 3.11. The van der Waals surface area contributed by atoms with Crippen molar-refractivity contribution in [3.8, 4) is 5.75 Å². The molecule has 0 aromatic heterocycles. The molecule has 1 aromatic rings. The van der Waals surface area contributed by atoms with Crippen molar-refractivity contribution in [1.82, 2.24) is 0 Å². The molecular weight excluding hydrogens is 385 g/mol. The maximum absolute atomic E-state index is 14.3. The molecule has 1 nitrogen and oxygen atoms in total. The van der Waals surface area contributed by atoms with Gasteiger partial charge in [0.05, 0.1) is 5.02 Å². The Hall–Kier alpha value is -0.900. The smallest absolute Gasteiger partial charge is 0.387 e. The Balaban J connectivity index is 1.57. The van der Waals surface area contributed by atoms with E-state index in [9.17, 15) is 13.2 Å². The molecule has 0 heterocycles. The zero-order valence-corrected chi connectivity index (χ0v) is 17.5. The van der Waals surface area contributed by atoms with Crippen molar-refractivity contribution in [3.63, 3.8) is 0 Å². The van der Waals surface area contributed by atoms with Crippen molar-refractivity contribution in [2.75, 3.05) is 0 Å². The van der Waals surface area contributed by atoms with Gasteiger partial charge in [0.25, 0.3) is 0 Å². The molecule has 28 heavy (non-hydrogen) atoms. The molecule has 0 aliphatic heterocycles. The van der Waals surface area contributed by atoms with Gasteiger partial charge in [0.1, 0.15) is 0 Å². The Labute approximate surface area is 172 Å². The third-order valence-corrected chi connectivity index (χ3v) is 7.31. The number of halogens is 4. The van der Waals surface area contributed by atoms with Crippen LogP contribution in [0.2, 0.25) is 5.02 Å². The van der Waals surface area contributed by atoms with Crippen LogP contribution in [-0.4, -0.2) is 6.61 Å². The SMILES string of the molecule is CCCCC1CCC(C2CCC(c3ccc(Cl)c(F)c3OC(F)F)CC2)CC1. The molecule has 0 amide bonds. The van der Waals surface area contributed by atoms with E-state index >= 15 is 0 Å². The fourth-order valence-electron chi connectivity index (χ4n) is 5.42. The molecule has 3 rings (SSSR count). The van der Waals surface area contributed by atoms with Gasteiger partial charge in [-0.2, -0.15) is 8.78 Å². The first-order chi connectivity index (χ1) is 13.5. The van der Waals surface area contributed by atoms with E-state index in [2.05, 4.69) is 11.7 Å². The van der Waals surface area contributed by atoms with Crippen LogP contribution < -0.4 is 4.74 Å². The molecule has 2 saturated carbocycles. The Kier molecular flexibility index (Phi) is 7.96. The van der Waals surface area contributed by atoms with Gasteiger partial charge in [0.15, 0.2) is 11.6 Å². The van der Waals surface area contributed by atoms with Gasteiger partial charge >= 0.3 is 6.61 Å². The Morgan fingerprint density at radius 2 is 1.61 bits per heavy atom. The van der Waals surface area contributed by atoms with Crippen LogP contribution in [0, 0.1) is 23.6 Å². The molecule has 2 aliphatic rings. The largest absolute Gasteiger partial charge is 0.431 e. The number of unbranched alkanes of at least 4 members (excludes halogenated alkanes) is 1. The second-order valence-corrected chi connectivity index (χ2v) is 9.10. The average molecular weight is 417 g/mol. The van der Waals surface area contributed by atoms with Gasteiger partial charge in [0, 0.05) is 5.56 Å². The number of hydrogen-bond acceptors (Lipinski definition) is 1. The second kappa shape index (κ2) is 10.2. The number of alkyl halides is 2. The molecule has 2 aliphatic carbocycles. The standard InChI is InChI=1S/C23H32ClF3O/c1-2-3-4-15-5-7-16(8-6-15)17-9-11-18(12-10-17)19-13-14-20(24)21(25)22(19)28-23(26)27/h13-18,23H,2-12H2,1H3. The predicted molar refractivity (Wildman–Crippen MR) is 108 cm³/mol. The molecule has 0 saturated heterocycles. The number of benzene rings is 1. The van der Waals surface area contributed by atoms with Crippen LogP contribution in [-0.2, 0) is 0 Å². The van der Waals surface area contributed by atoms with E-state index in [1.807, 2.05) is 0 Å². The highest BCUT2D eigenvalue weighted by Gasteiger charge is 2.33. The zero-order chi connectivity index (χ0) is 20.1. The highest BCUT2D eigenvalue weighted by atomic mass is 35.5. The third kappa shape index (κ3) is 5.37. The summed E-state index contributed by atoms with van der Waals surface area (Å²) in [6.45, 7) is -0.792. The minimum Gasteiger partial charge on any atom is -0.431 e. The summed E-state index contributed by atoms with van der Waals surface area (Å²) in [7, 11) is 0. The molecule has 1 aromatic carbocycles. The molecular formula is C23H32ClF3O. The first-order valence-electron chi connectivity index (χ1n) is 10.9. The zero-order valence-electron chi connectivity index (χ0n) is 16.7. The Morgan fingerprint density at radius 1 is 1.00 bits per heavy atom. The first kappa shape index (κ1) is 21.8. The van der Waals surface area contributed by atoms with Crippen LogP contribution in [0.25, 0.3) is 0 Å². The summed E-state index contributed by atoms with van der Waals surface area (Å²) in [5.41, 5.74) is 0.545. The lowest BCUT2D eigenvalue weighted by atomic mass is 9.68. The number of hydrogen-bond donors (Lipinski definition) is 0. The van der Waals surface area contributed by atoms with Crippen molar-refractivity contribution in [1.29, 1.82) is 0 Å². The van der Waals surface area contributed by atoms with Crippen LogP contribution in [0.1, 0.15) is 89.0 Å². The van der Waals surface area contributed by atoms with Crippen LogP contribution in [0.5, 0.6) is 5.75 Å². The predicted octanol–water partition coefficient (Wildman–Crippen LogP) is 8.35. The topological polar surface area (TPSA) is 9.23 Å². The second-order valence-electron chi connectivity index (χ2n) is 8.69. The van der Waals surface area contributed by atoms with E-state index < -0.39 is 12.4 Å². The van der Waals surface area contributed by atoms with Gasteiger partial charge in [-0.25, -0.2) is 4.39 Å². The molecule has 2 fully saturated rings. The first-order valence-corrected chi connectivity index (χ1v) is 11.3. The number of ether oxygens (including phenoxy) is 1. The fourth-order valence-corrected chi connectivity index (χ4v) is 5.57. The van der Waals surface area contributed by atoms with E-state index in [0.29, 0.717) is 5.56 Å². The van der Waals surface area contributed by atoms with Gasteiger partial charge in [-0.1, -0.05) is 56.7 Å². The van der Waals surface area contributed by atoms with Gasteiger partial charge in [-0.3, -0.25) is 0 Å². The van der Waals surface area contributed by atoms with Crippen LogP contribution in [0.15, 0.2) is 12.1 Å². The molecule has 158 valence electrons. The van der Waals surface area contributed by atoms with Crippen LogP contribution in [0.3, 0.4) is 0 Å². The molecule has 5 heteroatoms. The lowest BCUT2D eigenvalue weighted by molar-refractivity contribution is -0.0531. The summed E-state index contributed by atoms with van der Waals surface area (Å²) >= 11 is 5.78. The van der Waals surface area contributed by atoms with Gasteiger partial charge in [0.2, 0.25) is 0 Å². The average Bonchev–Trinajstić information content (AvgIpc) is 2.70. The molecule has 0 atom stereocenters. The van der Waals surface area contributed by atoms with Crippen LogP contribution in [0.4, 0.5) is 13.2 Å². The van der Waals surface area contributed by atoms with Crippen LogP contribution >= 0.6 is 11.6 Å². The minimum atomic E-state index is -3.05. The highest BCUT2D eigenvalue weighted by Crippen LogP contribution is 2.47. The monoisotopic (exact) mass is 416 g/mol. The van der Waals surface area contributed by atoms with Crippen molar-refractivity contribution in [2.45, 2.75) is 90.1 Å². The van der Waals surface area contributed by atoms with E-state index in [-0.39, 0.29) is 16.7 Å². The molecule has 0 spiro atoms. The van der Waals surface area contributed by atoms with Crippen molar-refractivity contribution in [3.05, 3.63) is 28.5 Å². The quantitative estimate of drug-likeness (QED) is 0.433. The molecule has 0 N–H and O–H groups in total. The third-order valence-electron chi connectivity index (χ3n) is 7.02. The maximum atomic E-state index is 14.3. The highest BCUT2D eigenvalue weighted by molar-refractivity contribution is 6.30. The Morgan fingerprint density at radius 3 is 2.18 bits per heavy atom. The molecule has 0 radical (unpaired) electrons. The lowest BCUT2D eigenvalue weighted by Gasteiger charge is -2.38. The van der Waals surface area contributed by atoms with Gasteiger partial charge < -0.3 is 4.74 Å². The van der Waals surface area contributed by atoms with Crippen molar-refractivity contribution < 1.29 is 17.9 Å². The summed E-state index contributed by atoms with van der Waals surface area (Å²) in [5, 5.41) is -0.173. The Bertz CT molecular complexity index is 621. The van der Waals surface area contributed by atoms with E-state index in [4.69, 9.17) is 11.6 Å². The summed E-state index contributed by atoms with van der Waals surface area (Å²) < 4.78 is 44.3. The summed E-state index contributed by atoms with van der Waals surface area (Å²) in [4.78, 5) is 0. The van der Waals surface area contributed by atoms with E-state index in [0.717, 1.165) is 43.4 Å². The van der Waals surface area contributed by atoms with E-state index in [1.165, 1.54) is 51.0 Å².